The van der Waals surface area contributed by atoms with E-state index in [1.54, 1.807) is 0 Å². The molecule has 9 aromatic carbocycles. The molecule has 0 fully saturated rings. The largest absolute Gasteiger partial charge is 0.310 e. The van der Waals surface area contributed by atoms with E-state index >= 15 is 0 Å². The van der Waals surface area contributed by atoms with Gasteiger partial charge in [-0.2, -0.15) is 0 Å². The Morgan fingerprint density at radius 2 is 0.981 bits per heavy atom. The minimum absolute atomic E-state index is 0.0858. The first kappa shape index (κ1) is 30.4. The predicted molar refractivity (Wildman–Crippen MR) is 230 cm³/mol. The average molecular weight is 694 g/mol. The Labute approximate surface area is 313 Å². The van der Waals surface area contributed by atoms with E-state index in [2.05, 4.69) is 195 Å². The Morgan fingerprint density at radius 1 is 0.377 bits per heavy atom. The van der Waals surface area contributed by atoms with Crippen LogP contribution in [0.25, 0.3) is 74.7 Å². The molecule has 0 aliphatic heterocycles. The molecule has 0 saturated carbocycles. The average Bonchev–Trinajstić information content (AvgIpc) is 3.69. The fraction of sp³-hybridized carbons (Fsp3) is 0.0588. The molecule has 1 heterocycles. The van der Waals surface area contributed by atoms with E-state index in [1.165, 1.54) is 91.6 Å². The first-order valence-electron chi connectivity index (χ1n) is 18.4. The van der Waals surface area contributed by atoms with Gasteiger partial charge in [-0.1, -0.05) is 135 Å². The van der Waals surface area contributed by atoms with Crippen molar-refractivity contribution in [2.45, 2.75) is 19.3 Å². The van der Waals surface area contributed by atoms with Gasteiger partial charge in [-0.05, 0) is 120 Å². The zero-order chi connectivity index (χ0) is 35.3. The summed E-state index contributed by atoms with van der Waals surface area (Å²) in [6.07, 6.45) is 0. The van der Waals surface area contributed by atoms with Crippen LogP contribution in [-0.2, 0) is 5.41 Å². The van der Waals surface area contributed by atoms with E-state index in [9.17, 15) is 0 Å². The third-order valence-electron chi connectivity index (χ3n) is 11.6. The van der Waals surface area contributed by atoms with Crippen molar-refractivity contribution in [3.8, 4) is 22.3 Å². The van der Waals surface area contributed by atoms with Crippen molar-refractivity contribution >= 4 is 80.9 Å². The van der Waals surface area contributed by atoms with E-state index in [0.717, 1.165) is 11.4 Å². The predicted octanol–water partition coefficient (Wildman–Crippen LogP) is 15.0. The molecule has 1 nitrogen and oxygen atoms in total. The minimum atomic E-state index is -0.0858. The van der Waals surface area contributed by atoms with Crippen molar-refractivity contribution < 1.29 is 0 Å². The molecule has 0 saturated heterocycles. The maximum Gasteiger partial charge on any atom is 0.0468 e. The third kappa shape index (κ3) is 4.62. The molecule has 0 N–H and O–H groups in total. The van der Waals surface area contributed by atoms with Crippen molar-refractivity contribution in [3.05, 3.63) is 187 Å². The molecule has 0 atom stereocenters. The van der Waals surface area contributed by atoms with Gasteiger partial charge in [0.2, 0.25) is 0 Å². The number of benzene rings is 9. The molecule has 1 aliphatic rings. The van der Waals surface area contributed by atoms with Gasteiger partial charge in [0.15, 0.2) is 0 Å². The van der Waals surface area contributed by atoms with Crippen molar-refractivity contribution in [2.24, 2.45) is 0 Å². The van der Waals surface area contributed by atoms with E-state index < -0.39 is 0 Å². The Bertz CT molecular complexity index is 3090. The molecule has 0 spiro atoms. The number of thiophene rings is 1. The lowest BCUT2D eigenvalue weighted by molar-refractivity contribution is 0.660. The van der Waals surface area contributed by atoms with E-state index in [0.29, 0.717) is 0 Å². The lowest BCUT2D eigenvalue weighted by Crippen LogP contribution is -2.16. The molecule has 1 aliphatic carbocycles. The third-order valence-corrected chi connectivity index (χ3v) is 12.8. The van der Waals surface area contributed by atoms with Crippen LogP contribution in [0.15, 0.2) is 176 Å². The lowest BCUT2D eigenvalue weighted by atomic mass is 9.82. The van der Waals surface area contributed by atoms with Crippen LogP contribution in [0.2, 0.25) is 0 Å². The second kappa shape index (κ2) is 11.4. The summed E-state index contributed by atoms with van der Waals surface area (Å²) in [4.78, 5) is 2.44. The van der Waals surface area contributed by atoms with E-state index in [1.807, 2.05) is 11.3 Å². The molecule has 0 bridgehead atoms. The summed E-state index contributed by atoms with van der Waals surface area (Å²) in [5.41, 5.74) is 11.3. The molecule has 0 amide bonds. The van der Waals surface area contributed by atoms with Crippen LogP contribution in [0, 0.1) is 0 Å². The van der Waals surface area contributed by atoms with Gasteiger partial charge in [0, 0.05) is 42.6 Å². The molecule has 0 radical (unpaired) electrons. The van der Waals surface area contributed by atoms with Crippen molar-refractivity contribution in [2.75, 3.05) is 4.90 Å². The van der Waals surface area contributed by atoms with E-state index in [-0.39, 0.29) is 5.41 Å². The number of nitrogens with zero attached hydrogens (tertiary/aromatic N) is 1. The molecular formula is C51H35NS. The fourth-order valence-electron chi connectivity index (χ4n) is 8.93. The highest BCUT2D eigenvalue weighted by Gasteiger charge is 2.35. The van der Waals surface area contributed by atoms with E-state index in [4.69, 9.17) is 0 Å². The van der Waals surface area contributed by atoms with Crippen LogP contribution in [0.5, 0.6) is 0 Å². The Morgan fingerprint density at radius 3 is 1.85 bits per heavy atom. The summed E-state index contributed by atoms with van der Waals surface area (Å²) in [5, 5.41) is 10.3. The van der Waals surface area contributed by atoms with Gasteiger partial charge in [0.05, 0.1) is 0 Å². The standard InChI is InChI=1S/C51H35NS/c1-51(2)47-13-7-5-11-42(47)43-27-23-38(31-48(43)51)52(37-24-28-50-46(30-37)44-12-6-8-14-49(44)53-50)36-21-17-32(18-22-36)35-16-15-34-20-25-40-39-10-4-3-9-33(39)19-26-41(40)45(34)29-35/h3-31H,1-2H3. The Kier molecular flexibility index (Phi) is 6.53. The molecule has 1 aromatic heterocycles. The highest BCUT2D eigenvalue weighted by Crippen LogP contribution is 2.51. The summed E-state index contributed by atoms with van der Waals surface area (Å²) >= 11 is 1.87. The molecule has 53 heavy (non-hydrogen) atoms. The van der Waals surface area contributed by atoms with Gasteiger partial charge in [0.1, 0.15) is 0 Å². The quantitative estimate of drug-likeness (QED) is 0.166. The smallest absolute Gasteiger partial charge is 0.0468 e. The molecule has 2 heteroatoms. The minimum Gasteiger partial charge on any atom is -0.310 e. The number of hydrogen-bond donors (Lipinski definition) is 0. The number of anilines is 3. The lowest BCUT2D eigenvalue weighted by Gasteiger charge is -2.28. The summed E-state index contributed by atoms with van der Waals surface area (Å²) in [6.45, 7) is 4.72. The summed E-state index contributed by atoms with van der Waals surface area (Å²) < 4.78 is 2.64. The fourth-order valence-corrected chi connectivity index (χ4v) is 10.0. The second-order valence-electron chi connectivity index (χ2n) is 14.9. The van der Waals surface area contributed by atoms with Crippen molar-refractivity contribution in [3.63, 3.8) is 0 Å². The monoisotopic (exact) mass is 693 g/mol. The van der Waals surface area contributed by atoms with Crippen LogP contribution >= 0.6 is 11.3 Å². The van der Waals surface area contributed by atoms with Gasteiger partial charge in [-0.15, -0.1) is 11.3 Å². The van der Waals surface area contributed by atoms with Crippen molar-refractivity contribution in [1.82, 2.24) is 0 Å². The van der Waals surface area contributed by atoms with Gasteiger partial charge in [-0.3, -0.25) is 0 Å². The number of rotatable bonds is 4. The topological polar surface area (TPSA) is 3.24 Å². The Hall–Kier alpha value is -6.22. The maximum atomic E-state index is 2.44. The first-order chi connectivity index (χ1) is 26.0. The first-order valence-corrected chi connectivity index (χ1v) is 19.2. The van der Waals surface area contributed by atoms with Crippen LogP contribution in [-0.4, -0.2) is 0 Å². The number of fused-ring (bicyclic) bond motifs is 11. The molecular weight excluding hydrogens is 659 g/mol. The molecule has 10 aromatic rings. The van der Waals surface area contributed by atoms with Crippen LogP contribution < -0.4 is 4.90 Å². The summed E-state index contributed by atoms with van der Waals surface area (Å²) in [5.74, 6) is 0. The van der Waals surface area contributed by atoms with Crippen molar-refractivity contribution in [1.29, 1.82) is 0 Å². The van der Waals surface area contributed by atoms with Gasteiger partial charge < -0.3 is 4.90 Å². The summed E-state index contributed by atoms with van der Waals surface area (Å²) in [6, 6.07) is 65.5. The highest BCUT2D eigenvalue weighted by molar-refractivity contribution is 7.25. The molecule has 0 unspecified atom stereocenters. The SMILES string of the molecule is CC1(C)c2ccccc2-c2ccc(N(c3ccc(-c4ccc5ccc6c7ccccc7ccc6c5c4)cc3)c3ccc4sc5ccccc5c4c3)cc21. The maximum absolute atomic E-state index is 2.44. The van der Waals surface area contributed by atoms with Crippen LogP contribution in [0.4, 0.5) is 17.1 Å². The van der Waals surface area contributed by atoms with Gasteiger partial charge >= 0.3 is 0 Å². The van der Waals surface area contributed by atoms with Crippen LogP contribution in [0.1, 0.15) is 25.0 Å². The van der Waals surface area contributed by atoms with Gasteiger partial charge in [0.25, 0.3) is 0 Å². The Balaban J connectivity index is 1.05. The zero-order valence-electron chi connectivity index (χ0n) is 29.6. The van der Waals surface area contributed by atoms with Crippen LogP contribution in [0.3, 0.4) is 0 Å². The number of hydrogen-bond acceptors (Lipinski definition) is 2. The summed E-state index contributed by atoms with van der Waals surface area (Å²) in [7, 11) is 0. The zero-order valence-corrected chi connectivity index (χ0v) is 30.4. The highest BCUT2D eigenvalue weighted by atomic mass is 32.1. The molecule has 250 valence electrons. The molecule has 11 rings (SSSR count). The second-order valence-corrected chi connectivity index (χ2v) is 16.0. The normalized spacial score (nSPS) is 13.2. The van der Waals surface area contributed by atoms with Gasteiger partial charge in [-0.25, -0.2) is 0 Å².